The lowest BCUT2D eigenvalue weighted by molar-refractivity contribution is 0.647. The molecule has 0 amide bonds. The number of nitriles is 1. The highest BCUT2D eigenvalue weighted by Crippen LogP contribution is 2.26. The predicted molar refractivity (Wildman–Crippen MR) is 122 cm³/mol. The van der Waals surface area contributed by atoms with E-state index in [9.17, 15) is 5.26 Å². The minimum Gasteiger partial charge on any atom is -0.360 e. The van der Waals surface area contributed by atoms with Crippen LogP contribution in [-0.2, 0) is 6.42 Å². The summed E-state index contributed by atoms with van der Waals surface area (Å²) in [5.74, 6) is 0.644. The van der Waals surface area contributed by atoms with E-state index in [1.807, 2.05) is 29.6 Å². The number of allylic oxidation sites excluding steroid dienone is 1. The van der Waals surface area contributed by atoms with Gasteiger partial charge in [0, 0.05) is 26.4 Å². The Labute approximate surface area is 177 Å². The molecule has 3 aromatic rings. The van der Waals surface area contributed by atoms with Gasteiger partial charge in [-0.3, -0.25) is 0 Å². The van der Waals surface area contributed by atoms with E-state index in [1.54, 1.807) is 6.20 Å². The highest BCUT2D eigenvalue weighted by molar-refractivity contribution is 14.1. The van der Waals surface area contributed by atoms with Crippen molar-refractivity contribution in [3.8, 4) is 17.3 Å². The molecule has 1 N–H and O–H groups in total. The van der Waals surface area contributed by atoms with Crippen molar-refractivity contribution in [1.29, 1.82) is 5.26 Å². The summed E-state index contributed by atoms with van der Waals surface area (Å²) in [6.07, 6.45) is 2.80. The van der Waals surface area contributed by atoms with Gasteiger partial charge < -0.3 is 5.32 Å². The first-order chi connectivity index (χ1) is 13.0. The van der Waals surface area contributed by atoms with E-state index >= 15 is 0 Å². The van der Waals surface area contributed by atoms with Crippen LogP contribution in [-0.4, -0.2) is 4.98 Å². The first-order valence-electron chi connectivity index (χ1n) is 8.72. The van der Waals surface area contributed by atoms with Crippen molar-refractivity contribution in [2.24, 2.45) is 5.92 Å². The van der Waals surface area contributed by atoms with Gasteiger partial charge in [0.15, 0.2) is 0 Å². The standard InChI is InChI=1S/C22H20IN3S/c1-15(2)11-16-3-5-17(6-4-16)21-14-27-22(26-21)18(12-24)13-25-20-9-7-19(23)8-10-20/h3-10,13-15,25H,11H2,1-2H3/b18-13-. The number of hydrogen-bond acceptors (Lipinski definition) is 4. The van der Waals surface area contributed by atoms with E-state index in [-0.39, 0.29) is 0 Å². The normalized spacial score (nSPS) is 11.4. The summed E-state index contributed by atoms with van der Waals surface area (Å²) >= 11 is 3.75. The molecule has 0 spiro atoms. The molecule has 1 aromatic heterocycles. The summed E-state index contributed by atoms with van der Waals surface area (Å²) in [6.45, 7) is 4.45. The van der Waals surface area contributed by atoms with E-state index in [0.717, 1.165) is 28.4 Å². The zero-order valence-electron chi connectivity index (χ0n) is 15.2. The zero-order chi connectivity index (χ0) is 19.2. The zero-order valence-corrected chi connectivity index (χ0v) is 18.2. The number of benzene rings is 2. The van der Waals surface area contributed by atoms with Gasteiger partial charge in [-0.2, -0.15) is 5.26 Å². The van der Waals surface area contributed by atoms with E-state index in [0.29, 0.717) is 11.5 Å². The minimum absolute atomic E-state index is 0.529. The minimum atomic E-state index is 0.529. The topological polar surface area (TPSA) is 48.7 Å². The van der Waals surface area contributed by atoms with Gasteiger partial charge in [0.1, 0.15) is 16.6 Å². The third-order valence-electron chi connectivity index (χ3n) is 3.98. The molecule has 3 nitrogen and oxygen atoms in total. The molecule has 0 aliphatic carbocycles. The van der Waals surface area contributed by atoms with Crippen molar-refractivity contribution in [2.75, 3.05) is 5.32 Å². The lowest BCUT2D eigenvalue weighted by Gasteiger charge is -2.05. The molecule has 5 heteroatoms. The Morgan fingerprint density at radius 3 is 2.52 bits per heavy atom. The van der Waals surface area contributed by atoms with Gasteiger partial charge in [0.25, 0.3) is 0 Å². The molecular formula is C22H20IN3S. The summed E-state index contributed by atoms with van der Waals surface area (Å²) in [5.41, 5.74) is 4.79. The number of aromatic nitrogens is 1. The lowest BCUT2D eigenvalue weighted by atomic mass is 10.0. The van der Waals surface area contributed by atoms with Gasteiger partial charge in [-0.25, -0.2) is 4.98 Å². The molecule has 0 radical (unpaired) electrons. The molecule has 1 heterocycles. The Bertz CT molecular complexity index is 964. The van der Waals surface area contributed by atoms with Crippen LogP contribution >= 0.6 is 33.9 Å². The molecule has 0 saturated heterocycles. The number of anilines is 1. The van der Waals surface area contributed by atoms with Crippen molar-refractivity contribution >= 4 is 45.2 Å². The molecule has 136 valence electrons. The highest BCUT2D eigenvalue weighted by Gasteiger charge is 2.09. The Hall–Kier alpha value is -2.17. The van der Waals surface area contributed by atoms with Crippen LogP contribution in [0.3, 0.4) is 0 Å². The molecule has 0 aliphatic rings. The van der Waals surface area contributed by atoms with Gasteiger partial charge in [0.05, 0.1) is 5.69 Å². The van der Waals surface area contributed by atoms with Crippen molar-refractivity contribution in [2.45, 2.75) is 20.3 Å². The molecular weight excluding hydrogens is 465 g/mol. The Kier molecular flexibility index (Phi) is 6.64. The maximum atomic E-state index is 9.51. The number of halogens is 1. The van der Waals surface area contributed by atoms with Crippen molar-refractivity contribution in [3.63, 3.8) is 0 Å². The van der Waals surface area contributed by atoms with Crippen LogP contribution < -0.4 is 5.32 Å². The maximum absolute atomic E-state index is 9.51. The van der Waals surface area contributed by atoms with Gasteiger partial charge >= 0.3 is 0 Å². The third-order valence-corrected chi connectivity index (χ3v) is 5.57. The first kappa shape index (κ1) is 19.6. The summed E-state index contributed by atoms with van der Waals surface area (Å²) in [5, 5.41) is 15.4. The SMILES string of the molecule is CC(C)Cc1ccc(-c2csc(/C(C#N)=C\Nc3ccc(I)cc3)n2)cc1. The fourth-order valence-corrected chi connectivity index (χ4v) is 3.81. The summed E-state index contributed by atoms with van der Waals surface area (Å²) in [4.78, 5) is 4.66. The molecule has 3 rings (SSSR count). The van der Waals surface area contributed by atoms with Crippen LogP contribution in [0, 0.1) is 20.8 Å². The van der Waals surface area contributed by atoms with E-state index in [2.05, 4.69) is 77.1 Å². The second-order valence-corrected chi connectivity index (χ2v) is 8.76. The Morgan fingerprint density at radius 1 is 1.19 bits per heavy atom. The maximum Gasteiger partial charge on any atom is 0.136 e. The third kappa shape index (κ3) is 5.41. The average molecular weight is 485 g/mol. The molecule has 27 heavy (non-hydrogen) atoms. The summed E-state index contributed by atoms with van der Waals surface area (Å²) < 4.78 is 1.17. The smallest absolute Gasteiger partial charge is 0.136 e. The molecule has 0 bridgehead atoms. The van der Waals surface area contributed by atoms with Gasteiger partial charge in [0.2, 0.25) is 0 Å². The average Bonchev–Trinajstić information content (AvgIpc) is 3.14. The Balaban J connectivity index is 1.75. The highest BCUT2D eigenvalue weighted by atomic mass is 127. The summed E-state index contributed by atoms with van der Waals surface area (Å²) in [7, 11) is 0. The molecule has 0 unspecified atom stereocenters. The van der Waals surface area contributed by atoms with Crippen LogP contribution in [0.2, 0.25) is 0 Å². The van der Waals surface area contributed by atoms with Gasteiger partial charge in [-0.15, -0.1) is 11.3 Å². The Morgan fingerprint density at radius 2 is 1.89 bits per heavy atom. The second kappa shape index (κ2) is 9.16. The number of hydrogen-bond donors (Lipinski definition) is 1. The van der Waals surface area contributed by atoms with Crippen LogP contribution in [0.5, 0.6) is 0 Å². The lowest BCUT2D eigenvalue weighted by Crippen LogP contribution is -1.93. The molecule has 2 aromatic carbocycles. The number of thiazole rings is 1. The van der Waals surface area contributed by atoms with Crippen LogP contribution in [0.1, 0.15) is 24.4 Å². The number of rotatable bonds is 6. The molecule has 0 saturated carbocycles. The van der Waals surface area contributed by atoms with Gasteiger partial charge in [-0.05, 0) is 64.8 Å². The van der Waals surface area contributed by atoms with Crippen LogP contribution in [0.25, 0.3) is 16.8 Å². The predicted octanol–water partition coefficient (Wildman–Crippen LogP) is 6.59. The van der Waals surface area contributed by atoms with Crippen molar-refractivity contribution < 1.29 is 0 Å². The van der Waals surface area contributed by atoms with E-state index < -0.39 is 0 Å². The van der Waals surface area contributed by atoms with Crippen molar-refractivity contribution in [1.82, 2.24) is 4.98 Å². The first-order valence-corrected chi connectivity index (χ1v) is 10.7. The molecule has 0 atom stereocenters. The van der Waals surface area contributed by atoms with E-state index in [4.69, 9.17) is 0 Å². The molecule has 0 aliphatic heterocycles. The number of nitrogens with zero attached hydrogens (tertiary/aromatic N) is 2. The van der Waals surface area contributed by atoms with Gasteiger partial charge in [-0.1, -0.05) is 38.1 Å². The molecule has 0 fully saturated rings. The quantitative estimate of drug-likeness (QED) is 0.317. The van der Waals surface area contributed by atoms with Crippen molar-refractivity contribution in [3.05, 3.63) is 74.3 Å². The summed E-state index contributed by atoms with van der Waals surface area (Å²) in [6, 6.07) is 18.8. The fourth-order valence-electron chi connectivity index (χ4n) is 2.66. The fraction of sp³-hybridized carbons (Fsp3) is 0.182. The second-order valence-electron chi connectivity index (χ2n) is 6.65. The van der Waals surface area contributed by atoms with Crippen LogP contribution in [0.4, 0.5) is 5.69 Å². The monoisotopic (exact) mass is 485 g/mol. The largest absolute Gasteiger partial charge is 0.360 e. The number of nitrogens with one attached hydrogen (secondary N) is 1. The van der Waals surface area contributed by atoms with E-state index in [1.165, 1.54) is 20.5 Å². The van der Waals surface area contributed by atoms with Crippen LogP contribution in [0.15, 0.2) is 60.1 Å².